The number of rotatable bonds is 6. The SMILES string of the molecule is CCn1ncc(CN(C)C(=O)c2cc(-c3ccc(N(C)C)nn3)nc3ccc(O)cc23)c1C. The number of carbonyl (C=O) groups is 1. The lowest BCUT2D eigenvalue weighted by molar-refractivity contribution is 0.0787. The van der Waals surface area contributed by atoms with Gasteiger partial charge in [0.2, 0.25) is 0 Å². The zero-order valence-electron chi connectivity index (χ0n) is 19.4. The van der Waals surface area contributed by atoms with Gasteiger partial charge in [-0.1, -0.05) is 0 Å². The maximum absolute atomic E-state index is 13.5. The van der Waals surface area contributed by atoms with E-state index in [0.717, 1.165) is 23.6 Å². The Morgan fingerprint density at radius 3 is 2.48 bits per heavy atom. The van der Waals surface area contributed by atoms with Gasteiger partial charge in [-0.2, -0.15) is 5.10 Å². The van der Waals surface area contributed by atoms with Gasteiger partial charge >= 0.3 is 0 Å². The van der Waals surface area contributed by atoms with E-state index in [-0.39, 0.29) is 11.7 Å². The van der Waals surface area contributed by atoms with Gasteiger partial charge in [0.05, 0.1) is 23.0 Å². The Morgan fingerprint density at radius 2 is 1.85 bits per heavy atom. The first kappa shape index (κ1) is 22.2. The number of nitrogens with zero attached hydrogens (tertiary/aromatic N) is 7. The molecule has 4 aromatic rings. The van der Waals surface area contributed by atoms with Crippen LogP contribution in [-0.4, -0.2) is 62.0 Å². The van der Waals surface area contributed by atoms with Crippen LogP contribution in [0.4, 0.5) is 5.82 Å². The molecule has 0 unspecified atom stereocenters. The lowest BCUT2D eigenvalue weighted by Gasteiger charge is -2.19. The summed E-state index contributed by atoms with van der Waals surface area (Å²) in [5.74, 6) is 0.614. The second-order valence-corrected chi connectivity index (χ2v) is 8.16. The van der Waals surface area contributed by atoms with Crippen molar-refractivity contribution in [2.24, 2.45) is 0 Å². The van der Waals surface area contributed by atoms with Crippen LogP contribution in [0.1, 0.15) is 28.5 Å². The molecule has 1 aromatic carbocycles. The highest BCUT2D eigenvalue weighted by atomic mass is 16.3. The third kappa shape index (κ3) is 4.34. The number of benzene rings is 1. The summed E-state index contributed by atoms with van der Waals surface area (Å²) in [5.41, 5.74) is 4.15. The predicted octanol–water partition coefficient (Wildman–Crippen LogP) is 3.26. The number of phenolic OH excluding ortho intramolecular Hbond substituents is 1. The highest BCUT2D eigenvalue weighted by Crippen LogP contribution is 2.28. The molecule has 0 radical (unpaired) electrons. The second-order valence-electron chi connectivity index (χ2n) is 8.16. The van der Waals surface area contributed by atoms with Crippen molar-refractivity contribution in [3.8, 4) is 17.1 Å². The number of carbonyl (C=O) groups excluding carboxylic acids is 1. The number of anilines is 1. The minimum absolute atomic E-state index is 0.0731. The maximum atomic E-state index is 13.5. The van der Waals surface area contributed by atoms with Crippen molar-refractivity contribution >= 4 is 22.6 Å². The van der Waals surface area contributed by atoms with Crippen LogP contribution >= 0.6 is 0 Å². The van der Waals surface area contributed by atoms with Crippen LogP contribution in [0.2, 0.25) is 0 Å². The van der Waals surface area contributed by atoms with Crippen LogP contribution in [0.25, 0.3) is 22.3 Å². The first-order valence-electron chi connectivity index (χ1n) is 10.7. The Hall–Kier alpha value is -4.01. The Balaban J connectivity index is 1.75. The zero-order chi connectivity index (χ0) is 23.7. The minimum atomic E-state index is -0.184. The van der Waals surface area contributed by atoms with Gasteiger partial charge < -0.3 is 14.9 Å². The van der Waals surface area contributed by atoms with Gasteiger partial charge in [0.15, 0.2) is 5.82 Å². The van der Waals surface area contributed by atoms with E-state index in [2.05, 4.69) is 20.3 Å². The number of pyridine rings is 1. The van der Waals surface area contributed by atoms with E-state index in [0.29, 0.717) is 34.4 Å². The van der Waals surface area contributed by atoms with Crippen molar-refractivity contribution in [3.63, 3.8) is 0 Å². The summed E-state index contributed by atoms with van der Waals surface area (Å²) in [6.07, 6.45) is 1.80. The van der Waals surface area contributed by atoms with E-state index in [9.17, 15) is 9.90 Å². The van der Waals surface area contributed by atoms with E-state index < -0.39 is 0 Å². The number of amides is 1. The fraction of sp³-hybridized carbons (Fsp3) is 0.292. The molecule has 0 aliphatic heterocycles. The topological polar surface area (TPSA) is 100 Å². The fourth-order valence-electron chi connectivity index (χ4n) is 3.71. The van der Waals surface area contributed by atoms with Crippen LogP contribution in [-0.2, 0) is 13.1 Å². The van der Waals surface area contributed by atoms with Gasteiger partial charge in [-0.05, 0) is 50.2 Å². The third-order valence-corrected chi connectivity index (χ3v) is 5.65. The smallest absolute Gasteiger partial charge is 0.254 e. The molecule has 0 aliphatic carbocycles. The van der Waals surface area contributed by atoms with Crippen LogP contribution in [0, 0.1) is 6.92 Å². The van der Waals surface area contributed by atoms with Crippen molar-refractivity contribution in [1.82, 2.24) is 29.9 Å². The minimum Gasteiger partial charge on any atom is -0.508 e. The van der Waals surface area contributed by atoms with E-state index in [1.54, 1.807) is 42.4 Å². The summed E-state index contributed by atoms with van der Waals surface area (Å²) in [5, 5.41) is 23.5. The van der Waals surface area contributed by atoms with Gasteiger partial charge in [-0.3, -0.25) is 9.48 Å². The largest absolute Gasteiger partial charge is 0.508 e. The summed E-state index contributed by atoms with van der Waals surface area (Å²) in [6, 6.07) is 10.2. The molecule has 0 saturated heterocycles. The Morgan fingerprint density at radius 1 is 1.06 bits per heavy atom. The number of aromatic nitrogens is 5. The average molecular weight is 446 g/mol. The summed E-state index contributed by atoms with van der Waals surface area (Å²) < 4.78 is 1.90. The van der Waals surface area contributed by atoms with Crippen molar-refractivity contribution in [2.75, 3.05) is 26.0 Å². The molecule has 0 fully saturated rings. The van der Waals surface area contributed by atoms with Gasteiger partial charge in [0.1, 0.15) is 11.4 Å². The maximum Gasteiger partial charge on any atom is 0.254 e. The molecule has 0 bridgehead atoms. The molecule has 0 spiro atoms. The van der Waals surface area contributed by atoms with Gasteiger partial charge in [-0.25, -0.2) is 4.98 Å². The average Bonchev–Trinajstić information content (AvgIpc) is 3.16. The fourth-order valence-corrected chi connectivity index (χ4v) is 3.71. The van der Waals surface area contributed by atoms with E-state index in [1.165, 1.54) is 0 Å². The zero-order valence-corrected chi connectivity index (χ0v) is 19.4. The van der Waals surface area contributed by atoms with Crippen molar-refractivity contribution < 1.29 is 9.90 Å². The molecule has 3 heterocycles. The molecular formula is C24H27N7O2. The Labute approximate surface area is 192 Å². The lowest BCUT2D eigenvalue weighted by Crippen LogP contribution is -2.27. The molecule has 1 amide bonds. The molecule has 9 nitrogen and oxygen atoms in total. The molecule has 0 saturated carbocycles. The van der Waals surface area contributed by atoms with Crippen LogP contribution < -0.4 is 4.90 Å². The van der Waals surface area contributed by atoms with Gasteiger partial charge in [-0.15, -0.1) is 10.2 Å². The number of fused-ring (bicyclic) bond motifs is 1. The number of hydrogen-bond donors (Lipinski definition) is 1. The van der Waals surface area contributed by atoms with E-state index in [4.69, 9.17) is 0 Å². The van der Waals surface area contributed by atoms with E-state index in [1.807, 2.05) is 49.7 Å². The third-order valence-electron chi connectivity index (χ3n) is 5.65. The molecule has 3 aromatic heterocycles. The number of aromatic hydroxyl groups is 1. The van der Waals surface area contributed by atoms with Crippen molar-refractivity contribution in [1.29, 1.82) is 0 Å². The first-order chi connectivity index (χ1) is 15.8. The Kier molecular flexibility index (Phi) is 5.95. The molecule has 4 rings (SSSR count). The molecular weight excluding hydrogens is 418 g/mol. The van der Waals surface area contributed by atoms with Crippen molar-refractivity contribution in [2.45, 2.75) is 26.9 Å². The quantitative estimate of drug-likeness (QED) is 0.486. The summed E-state index contributed by atoms with van der Waals surface area (Å²) in [6.45, 7) is 5.22. The van der Waals surface area contributed by atoms with Gasteiger partial charge in [0, 0.05) is 50.9 Å². The number of phenols is 1. The predicted molar refractivity (Wildman–Crippen MR) is 127 cm³/mol. The van der Waals surface area contributed by atoms with Gasteiger partial charge in [0.25, 0.3) is 5.91 Å². The normalized spacial score (nSPS) is 11.1. The van der Waals surface area contributed by atoms with Crippen LogP contribution in [0.15, 0.2) is 42.6 Å². The molecule has 170 valence electrons. The highest BCUT2D eigenvalue weighted by Gasteiger charge is 2.20. The second kappa shape index (κ2) is 8.85. The molecule has 1 N–H and O–H groups in total. The standard InChI is InChI=1S/C24H27N7O2/c1-6-31-15(2)16(13-25-31)14-30(5)24(33)19-12-22(21-9-10-23(28-27-21)29(3)4)26-20-8-7-17(32)11-18(19)20/h7-13,32H,6,14H2,1-5H3. The lowest BCUT2D eigenvalue weighted by atomic mass is 10.0. The van der Waals surface area contributed by atoms with Crippen molar-refractivity contribution in [3.05, 3.63) is 59.4 Å². The highest BCUT2D eigenvalue weighted by molar-refractivity contribution is 6.07. The number of hydrogen-bond acceptors (Lipinski definition) is 7. The van der Waals surface area contributed by atoms with Crippen LogP contribution in [0.3, 0.4) is 0 Å². The van der Waals surface area contributed by atoms with Crippen LogP contribution in [0.5, 0.6) is 5.75 Å². The molecule has 0 aliphatic rings. The first-order valence-corrected chi connectivity index (χ1v) is 10.7. The number of aryl methyl sites for hydroxylation is 1. The Bertz CT molecular complexity index is 1310. The summed E-state index contributed by atoms with van der Waals surface area (Å²) in [4.78, 5) is 21.7. The molecule has 9 heteroatoms. The summed E-state index contributed by atoms with van der Waals surface area (Å²) in [7, 11) is 5.54. The van der Waals surface area contributed by atoms with E-state index >= 15 is 0 Å². The molecule has 33 heavy (non-hydrogen) atoms. The summed E-state index contributed by atoms with van der Waals surface area (Å²) >= 11 is 0. The monoisotopic (exact) mass is 445 g/mol. The molecule has 0 atom stereocenters.